The number of hydrogen-bond donors (Lipinski definition) is 12. The molecule has 0 spiro atoms. The van der Waals surface area contributed by atoms with E-state index in [9.17, 15) is 61.0 Å². The third-order valence-corrected chi connectivity index (χ3v) is 17.3. The number of unbranched alkanes of at least 4 members (excludes halogenated alkanes) is 34. The van der Waals surface area contributed by atoms with E-state index in [0.717, 1.165) is 64.2 Å². The molecule has 0 aromatic rings. The molecule has 0 aliphatic carbocycles. The number of amides is 1. The molecule has 0 radical (unpaired) electrons. The highest BCUT2D eigenvalue weighted by atomic mass is 16.8. The van der Waals surface area contributed by atoms with Crippen LogP contribution in [0.15, 0.2) is 12.2 Å². The minimum absolute atomic E-state index is 0.250. The number of allylic oxidation sites excluding steroid dienone is 2. The fraction of sp³-hybridized carbons (Fsp3) is 0.954. The van der Waals surface area contributed by atoms with E-state index < -0.39 is 124 Å². The van der Waals surface area contributed by atoms with Crippen molar-refractivity contribution in [1.82, 2.24) is 5.32 Å². The van der Waals surface area contributed by atoms with Gasteiger partial charge in [0.25, 0.3) is 0 Å². The van der Waals surface area contributed by atoms with E-state index in [1.165, 1.54) is 167 Å². The molecule has 3 heterocycles. The van der Waals surface area contributed by atoms with Crippen molar-refractivity contribution < 1.29 is 89.4 Å². The van der Waals surface area contributed by atoms with Gasteiger partial charge < -0.3 is 89.9 Å². The first-order valence-electron chi connectivity index (χ1n) is 33.9. The lowest BCUT2D eigenvalue weighted by Crippen LogP contribution is -2.66. The lowest BCUT2D eigenvalue weighted by Gasteiger charge is -2.48. The Bertz CT molecular complexity index is 1580. The summed E-state index contributed by atoms with van der Waals surface area (Å²) in [6.07, 6.45) is 24.5. The van der Waals surface area contributed by atoms with Gasteiger partial charge in [-0.15, -0.1) is 0 Å². The molecule has 0 saturated carbocycles. The van der Waals surface area contributed by atoms with E-state index >= 15 is 0 Å². The topological polar surface area (TPSA) is 307 Å². The SMILES string of the molecule is CCCCC/C=C\CCCCCCCC(=O)NC(COC1OC(CO)C(OC2OC(CO)C(OC3OC(CO)C(O)C(O)C3O)C(O)C2O)C(O)C1O)C(O)CCCCCCCCCCCCCCCCCCCCCCCCCCCCC. The van der Waals surface area contributed by atoms with Gasteiger partial charge in [-0.3, -0.25) is 4.79 Å². The van der Waals surface area contributed by atoms with Crippen molar-refractivity contribution in [2.75, 3.05) is 26.4 Å². The lowest BCUT2D eigenvalue weighted by atomic mass is 9.96. The number of carbonyl (C=O) groups excluding carboxylic acids is 1. The van der Waals surface area contributed by atoms with Gasteiger partial charge in [0, 0.05) is 6.42 Å². The first kappa shape index (κ1) is 76.8. The highest BCUT2D eigenvalue weighted by Crippen LogP contribution is 2.33. The van der Waals surface area contributed by atoms with Gasteiger partial charge in [-0.05, 0) is 38.5 Å². The number of hydrogen-bond acceptors (Lipinski definition) is 18. The van der Waals surface area contributed by atoms with Crippen LogP contribution in [0.5, 0.6) is 0 Å². The largest absolute Gasteiger partial charge is 0.394 e. The number of ether oxygens (including phenoxy) is 6. The summed E-state index contributed by atoms with van der Waals surface area (Å²) in [5.41, 5.74) is 0. The quantitative estimate of drug-likeness (QED) is 0.0202. The van der Waals surface area contributed by atoms with Gasteiger partial charge >= 0.3 is 0 Å². The molecular formula is C65H123NO18. The van der Waals surface area contributed by atoms with Crippen molar-refractivity contribution in [2.45, 2.75) is 369 Å². The Morgan fingerprint density at radius 1 is 0.417 bits per heavy atom. The van der Waals surface area contributed by atoms with Crippen LogP contribution in [0.2, 0.25) is 0 Å². The van der Waals surface area contributed by atoms with E-state index in [4.69, 9.17) is 28.4 Å². The van der Waals surface area contributed by atoms with Crippen LogP contribution in [0.4, 0.5) is 0 Å². The number of aliphatic hydroxyl groups is 11. The highest BCUT2D eigenvalue weighted by molar-refractivity contribution is 5.76. The van der Waals surface area contributed by atoms with Crippen LogP contribution >= 0.6 is 0 Å². The second kappa shape index (κ2) is 48.4. The second-order valence-corrected chi connectivity index (χ2v) is 24.6. The summed E-state index contributed by atoms with van der Waals surface area (Å²) in [6.45, 7) is 1.78. The van der Waals surface area contributed by atoms with Gasteiger partial charge in [-0.2, -0.15) is 0 Å². The van der Waals surface area contributed by atoms with Crippen LogP contribution in [0, 0.1) is 0 Å². The molecule has 0 aromatic carbocycles. The summed E-state index contributed by atoms with van der Waals surface area (Å²) in [6, 6.07) is -0.888. The Morgan fingerprint density at radius 3 is 1.18 bits per heavy atom. The number of rotatable bonds is 52. The summed E-state index contributed by atoms with van der Waals surface area (Å²) in [5, 5.41) is 120. The van der Waals surface area contributed by atoms with Crippen LogP contribution < -0.4 is 5.32 Å². The Kier molecular flexibility index (Phi) is 44.2. The molecule has 3 fully saturated rings. The molecule has 3 aliphatic rings. The fourth-order valence-electron chi connectivity index (χ4n) is 11.8. The number of aliphatic hydroxyl groups excluding tert-OH is 11. The first-order chi connectivity index (χ1) is 40.8. The molecule has 17 atom stereocenters. The molecule has 19 heteroatoms. The van der Waals surface area contributed by atoms with Crippen LogP contribution in [-0.4, -0.2) is 193 Å². The zero-order valence-corrected chi connectivity index (χ0v) is 52.2. The molecule has 17 unspecified atom stereocenters. The number of carbonyl (C=O) groups is 1. The first-order valence-corrected chi connectivity index (χ1v) is 33.9. The normalized spacial score (nSPS) is 29.2. The zero-order valence-electron chi connectivity index (χ0n) is 52.2. The van der Waals surface area contributed by atoms with E-state index in [1.54, 1.807) is 0 Å². The van der Waals surface area contributed by atoms with Gasteiger partial charge in [0.15, 0.2) is 18.9 Å². The van der Waals surface area contributed by atoms with Gasteiger partial charge in [-0.25, -0.2) is 0 Å². The standard InChI is InChI=1S/C65H123NO18/c1-3-5-7-9-11-13-15-17-18-19-20-21-22-23-24-25-26-27-28-29-30-31-32-34-36-38-40-42-49(70)48(66-53(71)43-41-39-37-35-33-16-14-12-10-8-6-4-2)47-79-63-59(77)56(74)61(51(45-68)81-63)84-65-60(78)57(75)62(52(46-69)82-65)83-64-58(76)55(73)54(72)50(44-67)80-64/h12,14,48-52,54-65,67-70,72-78H,3-11,13,15-47H2,1-2H3,(H,66,71)/b14-12-. The van der Waals surface area contributed by atoms with Gasteiger partial charge in [0.05, 0.1) is 38.6 Å². The maximum atomic E-state index is 13.3. The predicted molar refractivity (Wildman–Crippen MR) is 323 cm³/mol. The summed E-state index contributed by atoms with van der Waals surface area (Å²) in [7, 11) is 0. The average molecular weight is 1210 g/mol. The summed E-state index contributed by atoms with van der Waals surface area (Å²) < 4.78 is 34.4. The third-order valence-electron chi connectivity index (χ3n) is 17.3. The van der Waals surface area contributed by atoms with E-state index in [1.807, 2.05) is 0 Å². The van der Waals surface area contributed by atoms with Crippen molar-refractivity contribution >= 4 is 5.91 Å². The molecule has 496 valence electrons. The Hall–Kier alpha value is -1.47. The van der Waals surface area contributed by atoms with Gasteiger partial charge in [-0.1, -0.05) is 231 Å². The molecule has 3 aliphatic heterocycles. The van der Waals surface area contributed by atoms with Crippen molar-refractivity contribution in [2.24, 2.45) is 0 Å². The highest BCUT2D eigenvalue weighted by Gasteiger charge is 2.53. The van der Waals surface area contributed by atoms with E-state index in [-0.39, 0.29) is 18.9 Å². The van der Waals surface area contributed by atoms with Crippen LogP contribution in [-0.2, 0) is 33.2 Å². The van der Waals surface area contributed by atoms with Crippen LogP contribution in [0.1, 0.15) is 264 Å². The van der Waals surface area contributed by atoms with Crippen molar-refractivity contribution in [3.63, 3.8) is 0 Å². The molecule has 0 bridgehead atoms. The van der Waals surface area contributed by atoms with Gasteiger partial charge in [0.1, 0.15) is 73.2 Å². The predicted octanol–water partition coefficient (Wildman–Crippen LogP) is 8.11. The molecular weight excluding hydrogens is 1080 g/mol. The van der Waals surface area contributed by atoms with Crippen molar-refractivity contribution in [3.8, 4) is 0 Å². The smallest absolute Gasteiger partial charge is 0.220 e. The molecule has 1 amide bonds. The van der Waals surface area contributed by atoms with Crippen molar-refractivity contribution in [3.05, 3.63) is 12.2 Å². The monoisotopic (exact) mass is 1210 g/mol. The maximum Gasteiger partial charge on any atom is 0.220 e. The Labute approximate surface area is 506 Å². The zero-order chi connectivity index (χ0) is 61.2. The van der Waals surface area contributed by atoms with Crippen molar-refractivity contribution in [1.29, 1.82) is 0 Å². The molecule has 0 aromatic heterocycles. The molecule has 19 nitrogen and oxygen atoms in total. The molecule has 3 saturated heterocycles. The summed E-state index contributed by atoms with van der Waals surface area (Å²) in [5.74, 6) is -0.250. The summed E-state index contributed by atoms with van der Waals surface area (Å²) >= 11 is 0. The average Bonchev–Trinajstić information content (AvgIpc) is 2.94. The lowest BCUT2D eigenvalue weighted by molar-refractivity contribution is -0.379. The van der Waals surface area contributed by atoms with Crippen LogP contribution in [0.25, 0.3) is 0 Å². The number of nitrogens with one attached hydrogen (secondary N) is 1. The Morgan fingerprint density at radius 2 is 0.750 bits per heavy atom. The third kappa shape index (κ3) is 30.8. The fourth-order valence-corrected chi connectivity index (χ4v) is 11.8. The minimum atomic E-state index is -1.97. The molecule has 84 heavy (non-hydrogen) atoms. The van der Waals surface area contributed by atoms with Crippen LogP contribution in [0.3, 0.4) is 0 Å². The minimum Gasteiger partial charge on any atom is -0.394 e. The van der Waals surface area contributed by atoms with Gasteiger partial charge in [0.2, 0.25) is 5.91 Å². The Balaban J connectivity index is 1.40. The molecule has 3 rings (SSSR count). The molecule has 12 N–H and O–H groups in total. The maximum absolute atomic E-state index is 13.3. The second-order valence-electron chi connectivity index (χ2n) is 24.6. The summed E-state index contributed by atoms with van der Waals surface area (Å²) in [4.78, 5) is 13.3. The van der Waals surface area contributed by atoms with E-state index in [0.29, 0.717) is 12.8 Å². The van der Waals surface area contributed by atoms with E-state index in [2.05, 4.69) is 31.3 Å².